The monoisotopic (exact) mass is 1710 g/mol. The van der Waals surface area contributed by atoms with Crippen LogP contribution < -0.4 is 0 Å². The summed E-state index contributed by atoms with van der Waals surface area (Å²) in [5, 5.41) is 36.0. The van der Waals surface area contributed by atoms with Gasteiger partial charge < -0.3 is 0 Å². The molecule has 1 aliphatic rings. The second kappa shape index (κ2) is 32.1. The van der Waals surface area contributed by atoms with Gasteiger partial charge in [-0.3, -0.25) is 0 Å². The van der Waals surface area contributed by atoms with Crippen molar-refractivity contribution in [3.8, 4) is 111 Å². The summed E-state index contributed by atoms with van der Waals surface area (Å²) in [6, 6.07) is 184. The molecule has 0 nitrogen and oxygen atoms in total. The van der Waals surface area contributed by atoms with Crippen molar-refractivity contribution in [3.05, 3.63) is 509 Å². The Bertz CT molecular complexity index is 9340. The van der Waals surface area contributed by atoms with Crippen LogP contribution in [-0.2, 0) is 5.41 Å². The van der Waals surface area contributed by atoms with E-state index >= 15 is 0 Å². The SMILES string of the molecule is CC1(C)c2ccccc2-c2ccc(-c3ccc(-c4c5ccccc5c(-c5ccc6ccccc6c5)c5ccccc45)cc3)cc21.c1cc(-c2c3ccccc3c(-c3ccc4ccccc4c3)c3ccccc23)cc(-c2cc3ccccc3c3ccccc23)c1.c1cc(-c2c3ccccc3c(-c3ccc4ccccc4c3)c3ccccc23)cc(-c2ccc3ccc4cccc5ccc2c3c45)c1. The van der Waals surface area contributed by atoms with Gasteiger partial charge >= 0.3 is 0 Å². The molecule has 27 aromatic rings. The minimum absolute atomic E-state index is 0.00745. The van der Waals surface area contributed by atoms with Crippen molar-refractivity contribution in [1.29, 1.82) is 0 Å². The third-order valence-electron chi connectivity index (χ3n) is 29.2. The van der Waals surface area contributed by atoms with Gasteiger partial charge in [-0.15, -0.1) is 0 Å². The molecule has 0 atom stereocenters. The number of hydrogen-bond acceptors (Lipinski definition) is 0. The largest absolute Gasteiger partial charge is 0.0619 e. The van der Waals surface area contributed by atoms with Gasteiger partial charge in [0.1, 0.15) is 0 Å². The molecule has 0 amide bonds. The Hall–Kier alpha value is -17.2. The Morgan fingerprint density at radius 2 is 0.400 bits per heavy atom. The quantitative estimate of drug-likeness (QED) is 0.0998. The normalized spacial score (nSPS) is 12.3. The summed E-state index contributed by atoms with van der Waals surface area (Å²) in [6.45, 7) is 4.70. The molecule has 0 bridgehead atoms. The van der Waals surface area contributed by atoms with Gasteiger partial charge in [0.05, 0.1) is 0 Å². The zero-order valence-corrected chi connectivity index (χ0v) is 74.8. The molecule has 628 valence electrons. The van der Waals surface area contributed by atoms with E-state index < -0.39 is 0 Å². The molecule has 27 aromatic carbocycles. The van der Waals surface area contributed by atoms with Crippen LogP contribution in [-0.4, -0.2) is 0 Å². The smallest absolute Gasteiger partial charge is 0.0159 e. The summed E-state index contributed by atoms with van der Waals surface area (Å²) in [4.78, 5) is 0. The molecule has 0 aliphatic heterocycles. The lowest BCUT2D eigenvalue weighted by Crippen LogP contribution is -2.14. The van der Waals surface area contributed by atoms with Crippen LogP contribution >= 0.6 is 0 Å². The molecule has 0 saturated carbocycles. The molecule has 0 N–H and O–H groups in total. The summed E-state index contributed by atoms with van der Waals surface area (Å²) >= 11 is 0. The van der Waals surface area contributed by atoms with E-state index in [1.54, 1.807) is 0 Å². The van der Waals surface area contributed by atoms with Crippen molar-refractivity contribution >= 4 is 151 Å². The van der Waals surface area contributed by atoms with Crippen LogP contribution in [0.2, 0.25) is 0 Å². The third-order valence-corrected chi connectivity index (χ3v) is 29.2. The van der Waals surface area contributed by atoms with Gasteiger partial charge in [-0.25, -0.2) is 0 Å². The molecule has 0 heteroatoms. The zero-order chi connectivity index (χ0) is 89.4. The third kappa shape index (κ3) is 13.2. The molecule has 0 aromatic heterocycles. The highest BCUT2D eigenvalue weighted by atomic mass is 14.4. The Morgan fingerprint density at radius 3 is 0.852 bits per heavy atom. The Labute approximate surface area is 784 Å². The van der Waals surface area contributed by atoms with Crippen molar-refractivity contribution in [3.63, 3.8) is 0 Å². The van der Waals surface area contributed by atoms with Gasteiger partial charge in [-0.2, -0.15) is 0 Å². The molecule has 0 fully saturated rings. The van der Waals surface area contributed by atoms with E-state index in [9.17, 15) is 0 Å². The van der Waals surface area contributed by atoms with Crippen LogP contribution in [0.25, 0.3) is 262 Å². The van der Waals surface area contributed by atoms with Gasteiger partial charge in [-0.1, -0.05) is 469 Å². The molecule has 0 radical (unpaired) electrons. The summed E-state index contributed by atoms with van der Waals surface area (Å²) in [7, 11) is 0. The molecule has 0 unspecified atom stereocenters. The van der Waals surface area contributed by atoms with E-state index in [-0.39, 0.29) is 5.41 Å². The van der Waals surface area contributed by atoms with Crippen LogP contribution in [0.1, 0.15) is 25.0 Å². The molecule has 135 heavy (non-hydrogen) atoms. The molecule has 0 spiro atoms. The number of benzene rings is 27. The predicted molar refractivity (Wildman–Crippen MR) is 582 cm³/mol. The van der Waals surface area contributed by atoms with Crippen LogP contribution in [0.5, 0.6) is 0 Å². The van der Waals surface area contributed by atoms with Gasteiger partial charge in [0.15, 0.2) is 0 Å². The fourth-order valence-electron chi connectivity index (χ4n) is 23.0. The van der Waals surface area contributed by atoms with Gasteiger partial charge in [0.2, 0.25) is 0 Å². The molecule has 28 rings (SSSR count). The van der Waals surface area contributed by atoms with Crippen LogP contribution in [0, 0.1) is 0 Å². The van der Waals surface area contributed by atoms with Crippen molar-refractivity contribution in [2.24, 2.45) is 0 Å². The summed E-state index contributed by atoms with van der Waals surface area (Å²) in [6.07, 6.45) is 0. The minimum Gasteiger partial charge on any atom is -0.0619 e. The topological polar surface area (TPSA) is 0 Å². The lowest BCUT2D eigenvalue weighted by atomic mass is 9.81. The molecular formula is C135H88. The van der Waals surface area contributed by atoms with E-state index in [4.69, 9.17) is 0 Å². The van der Waals surface area contributed by atoms with Gasteiger partial charge in [-0.05, 0) is 316 Å². The minimum atomic E-state index is -0.00745. The highest BCUT2D eigenvalue weighted by Gasteiger charge is 2.36. The first-order valence-electron chi connectivity index (χ1n) is 47.1. The highest BCUT2D eigenvalue weighted by molar-refractivity contribution is 6.28. The number of fused-ring (bicyclic) bond motifs is 15. The van der Waals surface area contributed by atoms with E-state index in [0.717, 1.165) is 0 Å². The number of hydrogen-bond donors (Lipinski definition) is 0. The maximum atomic E-state index is 2.41. The Kier molecular flexibility index (Phi) is 18.8. The Morgan fingerprint density at radius 1 is 0.119 bits per heavy atom. The van der Waals surface area contributed by atoms with Crippen LogP contribution in [0.15, 0.2) is 497 Å². The Balaban J connectivity index is 0.000000105. The molecule has 0 saturated heterocycles. The predicted octanol–water partition coefficient (Wildman–Crippen LogP) is 38.0. The summed E-state index contributed by atoms with van der Waals surface area (Å²) < 4.78 is 0. The van der Waals surface area contributed by atoms with E-state index in [0.29, 0.717) is 0 Å². The van der Waals surface area contributed by atoms with Crippen molar-refractivity contribution in [1.82, 2.24) is 0 Å². The van der Waals surface area contributed by atoms with Crippen LogP contribution in [0.3, 0.4) is 0 Å². The van der Waals surface area contributed by atoms with Crippen molar-refractivity contribution in [2.75, 3.05) is 0 Å². The van der Waals surface area contributed by atoms with E-state index in [1.807, 2.05) is 0 Å². The van der Waals surface area contributed by atoms with E-state index in [1.165, 1.54) is 273 Å². The molecule has 1 aliphatic carbocycles. The van der Waals surface area contributed by atoms with Crippen molar-refractivity contribution in [2.45, 2.75) is 19.3 Å². The maximum Gasteiger partial charge on any atom is 0.0159 e. The first kappa shape index (κ1) is 78.8. The average Bonchev–Trinajstić information content (AvgIpc) is 1.73. The second-order valence-corrected chi connectivity index (χ2v) is 37.0. The number of rotatable bonds is 9. The van der Waals surface area contributed by atoms with Crippen LogP contribution in [0.4, 0.5) is 0 Å². The summed E-state index contributed by atoms with van der Waals surface area (Å²) in [5.74, 6) is 0. The van der Waals surface area contributed by atoms with E-state index in [2.05, 4.69) is 511 Å². The average molecular weight is 1710 g/mol. The zero-order valence-electron chi connectivity index (χ0n) is 74.8. The van der Waals surface area contributed by atoms with Gasteiger partial charge in [0.25, 0.3) is 0 Å². The molecule has 0 heterocycles. The van der Waals surface area contributed by atoms with Gasteiger partial charge in [0, 0.05) is 5.41 Å². The first-order valence-corrected chi connectivity index (χ1v) is 47.1. The fourth-order valence-corrected chi connectivity index (χ4v) is 23.0. The highest BCUT2D eigenvalue weighted by Crippen LogP contribution is 2.54. The maximum absolute atomic E-state index is 2.41. The second-order valence-electron chi connectivity index (χ2n) is 37.0. The molecular weight excluding hydrogens is 1620 g/mol. The van der Waals surface area contributed by atoms with Crippen molar-refractivity contribution < 1.29 is 0 Å². The first-order chi connectivity index (χ1) is 66.7. The lowest BCUT2D eigenvalue weighted by Gasteiger charge is -2.22. The standard InChI is InChI=1S/C46H28.C45H32.C44H28/c1-2-10-33-27-36(22-19-29(33)9-1)45-40-17-5-3-15-38(40)44(39-16-4-6-18-41(39)45)35-14-8-13-34(28-35)37-25-23-32-21-20-30-11-7-12-31-24-26-42(37)46(32)43(30)31;1-45(2)41-18-10-9-13-35(41)36-26-25-33(28-42(36)45)30-19-22-31(23-20-30)43-37-14-5-7-16-39(37)44(40-17-8-6-15-38(40)43)34-24-21-29-11-3-4-12-32(29)27-34;1-2-13-30-26-34(25-24-29(30)12-1)44-40-22-9-7-20-38(40)43(39-21-8-10-23-41(39)44)33-16-11-15-31(27-33)42-28-32-14-3-4-17-35(32)36-18-5-6-19-37(36)42/h1-28H;3-28H,1-2H3;1-28H. The summed E-state index contributed by atoms with van der Waals surface area (Å²) in [5.41, 5.74) is 28.3. The fraction of sp³-hybridized carbons (Fsp3) is 0.0222. The lowest BCUT2D eigenvalue weighted by molar-refractivity contribution is 0.660.